The largest absolute Gasteiger partial charge is 0.506 e. The van der Waals surface area contributed by atoms with Crippen molar-refractivity contribution in [2.24, 2.45) is 7.05 Å². The number of ether oxygens (including phenoxy) is 2. The minimum Gasteiger partial charge on any atom is -0.506 e. The molecule has 122 valence electrons. The number of rotatable bonds is 3. The quantitative estimate of drug-likeness (QED) is 0.742. The first kappa shape index (κ1) is 15.5. The minimum atomic E-state index is -0.905. The van der Waals surface area contributed by atoms with Crippen LogP contribution in [0.5, 0.6) is 17.4 Å². The third-order valence-corrected chi connectivity index (χ3v) is 3.58. The summed E-state index contributed by atoms with van der Waals surface area (Å²) in [5.74, 6) is -0.571. The van der Waals surface area contributed by atoms with E-state index < -0.39 is 22.8 Å². The van der Waals surface area contributed by atoms with E-state index in [4.69, 9.17) is 4.74 Å². The number of aryl methyl sites for hydroxylation is 1. The molecule has 0 aliphatic heterocycles. The summed E-state index contributed by atoms with van der Waals surface area (Å²) in [6.45, 7) is 0. The normalized spacial score (nSPS) is 10.6. The topological polar surface area (TPSA) is 90.7 Å². The van der Waals surface area contributed by atoms with Gasteiger partial charge in [0, 0.05) is 18.5 Å². The fourth-order valence-corrected chi connectivity index (χ4v) is 2.35. The summed E-state index contributed by atoms with van der Waals surface area (Å²) in [7, 11) is 2.62. The van der Waals surface area contributed by atoms with Crippen LogP contribution in [-0.4, -0.2) is 27.7 Å². The zero-order valence-electron chi connectivity index (χ0n) is 13.0. The Morgan fingerprint density at radius 3 is 2.62 bits per heavy atom. The zero-order chi connectivity index (χ0) is 17.3. The standard InChI is InChI=1S/C17H14N2O5/c1-19-12-9-18-13(24-10-6-4-3-5-7-10)8-11(12)15(20)14(16(19)21)17(22)23-2/h3-9,20H,1-2H3. The van der Waals surface area contributed by atoms with Gasteiger partial charge in [-0.1, -0.05) is 18.2 Å². The second kappa shape index (κ2) is 6.04. The second-order valence-electron chi connectivity index (χ2n) is 5.03. The van der Waals surface area contributed by atoms with Gasteiger partial charge in [0.15, 0.2) is 5.56 Å². The SMILES string of the molecule is COC(=O)c1c(O)c2cc(Oc3ccccc3)ncc2n(C)c1=O. The Balaban J connectivity index is 2.18. The molecule has 7 heteroatoms. The van der Waals surface area contributed by atoms with Gasteiger partial charge >= 0.3 is 5.97 Å². The molecule has 0 aliphatic rings. The Hall–Kier alpha value is -3.35. The molecule has 2 heterocycles. The fraction of sp³-hybridized carbons (Fsp3) is 0.118. The van der Waals surface area contributed by atoms with Crippen LogP contribution in [0.25, 0.3) is 10.9 Å². The van der Waals surface area contributed by atoms with Gasteiger partial charge in [-0.15, -0.1) is 0 Å². The maximum Gasteiger partial charge on any atom is 0.347 e. The Morgan fingerprint density at radius 2 is 1.96 bits per heavy atom. The van der Waals surface area contributed by atoms with Crippen molar-refractivity contribution >= 4 is 16.9 Å². The van der Waals surface area contributed by atoms with E-state index in [2.05, 4.69) is 9.72 Å². The van der Waals surface area contributed by atoms with Gasteiger partial charge in [0.2, 0.25) is 5.88 Å². The van der Waals surface area contributed by atoms with Crippen LogP contribution in [0.1, 0.15) is 10.4 Å². The maximum atomic E-state index is 12.2. The molecule has 1 N–H and O–H groups in total. The third kappa shape index (κ3) is 2.56. The van der Waals surface area contributed by atoms with Gasteiger partial charge in [0.05, 0.1) is 18.8 Å². The Morgan fingerprint density at radius 1 is 1.25 bits per heavy atom. The number of hydrogen-bond donors (Lipinski definition) is 1. The van der Waals surface area contributed by atoms with Gasteiger partial charge in [-0.25, -0.2) is 9.78 Å². The average molecular weight is 326 g/mol. The summed E-state index contributed by atoms with van der Waals surface area (Å²) < 4.78 is 11.4. The molecule has 7 nitrogen and oxygen atoms in total. The first-order valence-electron chi connectivity index (χ1n) is 7.06. The summed E-state index contributed by atoms with van der Waals surface area (Å²) in [5.41, 5.74) is -0.722. The number of hydrogen-bond acceptors (Lipinski definition) is 6. The number of para-hydroxylation sites is 1. The number of methoxy groups -OCH3 is 1. The molecular weight excluding hydrogens is 312 g/mol. The number of carbonyl (C=O) groups is 1. The monoisotopic (exact) mass is 326 g/mol. The molecular formula is C17H14N2O5. The van der Waals surface area contributed by atoms with Crippen LogP contribution >= 0.6 is 0 Å². The van der Waals surface area contributed by atoms with Crippen LogP contribution < -0.4 is 10.3 Å². The molecule has 3 aromatic rings. The van der Waals surface area contributed by atoms with Crippen LogP contribution in [-0.2, 0) is 11.8 Å². The Labute approximate surface area is 136 Å². The van der Waals surface area contributed by atoms with E-state index in [-0.39, 0.29) is 11.3 Å². The molecule has 0 saturated heterocycles. The smallest absolute Gasteiger partial charge is 0.347 e. The highest BCUT2D eigenvalue weighted by Crippen LogP contribution is 2.30. The van der Waals surface area contributed by atoms with Crippen LogP contribution in [0.15, 0.2) is 47.4 Å². The lowest BCUT2D eigenvalue weighted by Crippen LogP contribution is -2.25. The minimum absolute atomic E-state index is 0.221. The van der Waals surface area contributed by atoms with E-state index in [1.165, 1.54) is 23.9 Å². The van der Waals surface area contributed by atoms with Gasteiger partial charge in [-0.3, -0.25) is 4.79 Å². The molecule has 0 saturated carbocycles. The molecule has 0 radical (unpaired) electrons. The van der Waals surface area contributed by atoms with Crippen molar-refractivity contribution in [3.8, 4) is 17.4 Å². The van der Waals surface area contributed by atoms with Crippen LogP contribution in [0, 0.1) is 0 Å². The third-order valence-electron chi connectivity index (χ3n) is 3.58. The van der Waals surface area contributed by atoms with Crippen molar-refractivity contribution < 1.29 is 19.4 Å². The molecule has 1 aromatic carbocycles. The van der Waals surface area contributed by atoms with E-state index in [1.807, 2.05) is 18.2 Å². The van der Waals surface area contributed by atoms with Crippen molar-refractivity contribution in [3.05, 3.63) is 58.5 Å². The van der Waals surface area contributed by atoms with Crippen LogP contribution in [0.4, 0.5) is 0 Å². The summed E-state index contributed by atoms with van der Waals surface area (Å²) in [5, 5.41) is 10.6. The summed E-state index contributed by atoms with van der Waals surface area (Å²) in [6, 6.07) is 10.5. The van der Waals surface area contributed by atoms with Crippen molar-refractivity contribution in [2.45, 2.75) is 0 Å². The molecule has 24 heavy (non-hydrogen) atoms. The summed E-state index contributed by atoms with van der Waals surface area (Å²) >= 11 is 0. The number of aromatic hydroxyl groups is 1. The zero-order valence-corrected chi connectivity index (χ0v) is 13.0. The Bertz CT molecular complexity index is 980. The first-order chi connectivity index (χ1) is 11.5. The molecule has 0 spiro atoms. The highest BCUT2D eigenvalue weighted by Gasteiger charge is 2.22. The van der Waals surface area contributed by atoms with Gasteiger partial charge in [0.25, 0.3) is 5.56 Å². The highest BCUT2D eigenvalue weighted by atomic mass is 16.5. The van der Waals surface area contributed by atoms with E-state index in [0.717, 1.165) is 7.11 Å². The van der Waals surface area contributed by atoms with Gasteiger partial charge in [-0.2, -0.15) is 0 Å². The van der Waals surface area contributed by atoms with Crippen LogP contribution in [0.3, 0.4) is 0 Å². The van der Waals surface area contributed by atoms with Gasteiger partial charge in [0.1, 0.15) is 11.5 Å². The highest BCUT2D eigenvalue weighted by molar-refractivity contribution is 5.99. The molecule has 0 aliphatic carbocycles. The molecule has 0 atom stereocenters. The first-order valence-corrected chi connectivity index (χ1v) is 7.06. The molecule has 0 bridgehead atoms. The lowest BCUT2D eigenvalue weighted by molar-refractivity contribution is 0.0595. The second-order valence-corrected chi connectivity index (χ2v) is 5.03. The molecule has 0 amide bonds. The number of nitrogens with zero attached hydrogens (tertiary/aromatic N) is 2. The van der Waals surface area contributed by atoms with Crippen molar-refractivity contribution in [1.29, 1.82) is 0 Å². The van der Waals surface area contributed by atoms with Crippen molar-refractivity contribution in [1.82, 2.24) is 9.55 Å². The van der Waals surface area contributed by atoms with E-state index in [0.29, 0.717) is 11.3 Å². The van der Waals surface area contributed by atoms with E-state index in [1.54, 1.807) is 12.1 Å². The number of aromatic nitrogens is 2. The number of carbonyl (C=O) groups excluding carboxylic acids is 1. The molecule has 2 aromatic heterocycles. The van der Waals surface area contributed by atoms with E-state index >= 15 is 0 Å². The van der Waals surface area contributed by atoms with Crippen molar-refractivity contribution in [3.63, 3.8) is 0 Å². The maximum absolute atomic E-state index is 12.2. The number of fused-ring (bicyclic) bond motifs is 1. The summed E-state index contributed by atoms with van der Waals surface area (Å²) in [4.78, 5) is 28.1. The average Bonchev–Trinajstić information content (AvgIpc) is 2.60. The lowest BCUT2D eigenvalue weighted by atomic mass is 10.1. The molecule has 0 unspecified atom stereocenters. The number of benzene rings is 1. The van der Waals surface area contributed by atoms with Crippen LogP contribution in [0.2, 0.25) is 0 Å². The number of pyridine rings is 2. The predicted molar refractivity (Wildman–Crippen MR) is 86.5 cm³/mol. The molecule has 3 rings (SSSR count). The summed E-state index contributed by atoms with van der Waals surface area (Å²) in [6.07, 6.45) is 1.40. The number of esters is 1. The fourth-order valence-electron chi connectivity index (χ4n) is 2.35. The predicted octanol–water partition coefficient (Wildman–Crippen LogP) is 2.22. The molecule has 0 fully saturated rings. The lowest BCUT2D eigenvalue weighted by Gasteiger charge is -2.11. The van der Waals surface area contributed by atoms with Gasteiger partial charge < -0.3 is 19.1 Å². The van der Waals surface area contributed by atoms with E-state index in [9.17, 15) is 14.7 Å². The Kier molecular flexibility index (Phi) is 3.91. The van der Waals surface area contributed by atoms with Gasteiger partial charge in [-0.05, 0) is 12.1 Å². The van der Waals surface area contributed by atoms with Crippen molar-refractivity contribution in [2.75, 3.05) is 7.11 Å².